The Morgan fingerprint density at radius 1 is 1.50 bits per heavy atom. The molecule has 0 aromatic heterocycles. The highest BCUT2D eigenvalue weighted by Gasteiger charge is 2.34. The Kier molecular flexibility index (Phi) is 3.27. The summed E-state index contributed by atoms with van der Waals surface area (Å²) in [5.41, 5.74) is 6.86. The Hall–Kier alpha value is -1.60. The van der Waals surface area contributed by atoms with Crippen LogP contribution in [0.1, 0.15) is 25.8 Å². The fourth-order valence-corrected chi connectivity index (χ4v) is 2.47. The third kappa shape index (κ3) is 2.19. The highest BCUT2D eigenvalue weighted by molar-refractivity contribution is 5.60. The van der Waals surface area contributed by atoms with E-state index >= 15 is 0 Å². The van der Waals surface area contributed by atoms with Crippen LogP contribution >= 0.6 is 0 Å². The third-order valence-electron chi connectivity index (χ3n) is 3.76. The molecule has 1 heterocycles. The van der Waals surface area contributed by atoms with E-state index in [1.165, 1.54) is 6.07 Å². The van der Waals surface area contributed by atoms with Crippen LogP contribution in [0.15, 0.2) is 18.2 Å². The van der Waals surface area contributed by atoms with Gasteiger partial charge in [-0.25, -0.2) is 4.39 Å². The Morgan fingerprint density at radius 2 is 2.22 bits per heavy atom. The van der Waals surface area contributed by atoms with Crippen molar-refractivity contribution < 1.29 is 4.39 Å². The maximum absolute atomic E-state index is 13.6. The van der Waals surface area contributed by atoms with Crippen molar-refractivity contribution in [2.45, 2.75) is 26.3 Å². The summed E-state index contributed by atoms with van der Waals surface area (Å²) in [5, 5.41) is 9.07. The van der Waals surface area contributed by atoms with Crippen molar-refractivity contribution in [3.63, 3.8) is 0 Å². The van der Waals surface area contributed by atoms with Gasteiger partial charge in [0.2, 0.25) is 0 Å². The first-order chi connectivity index (χ1) is 8.45. The van der Waals surface area contributed by atoms with Gasteiger partial charge in [0.05, 0.1) is 5.69 Å². The summed E-state index contributed by atoms with van der Waals surface area (Å²) in [5.74, 6) is -0.456. The second kappa shape index (κ2) is 4.58. The van der Waals surface area contributed by atoms with Gasteiger partial charge in [0.25, 0.3) is 0 Å². The molecule has 0 spiro atoms. The molecule has 0 saturated carbocycles. The van der Waals surface area contributed by atoms with Crippen LogP contribution in [0.3, 0.4) is 0 Å². The molecule has 0 radical (unpaired) electrons. The number of piperidine rings is 1. The fourth-order valence-electron chi connectivity index (χ4n) is 2.47. The van der Waals surface area contributed by atoms with Gasteiger partial charge in [-0.3, -0.25) is 0 Å². The van der Waals surface area contributed by atoms with E-state index < -0.39 is 5.82 Å². The van der Waals surface area contributed by atoms with Gasteiger partial charge in [-0.2, -0.15) is 5.26 Å². The van der Waals surface area contributed by atoms with Crippen LogP contribution in [-0.2, 0) is 0 Å². The SMILES string of the molecule is CC1(C)CN(c2cccc(F)c2C#N)CCC1N. The van der Waals surface area contributed by atoms with Gasteiger partial charge < -0.3 is 10.6 Å². The van der Waals surface area contributed by atoms with Crippen molar-refractivity contribution in [3.05, 3.63) is 29.6 Å². The molecule has 1 atom stereocenters. The van der Waals surface area contributed by atoms with Crippen LogP contribution in [0, 0.1) is 22.6 Å². The molecule has 1 saturated heterocycles. The van der Waals surface area contributed by atoms with Crippen LogP contribution in [-0.4, -0.2) is 19.1 Å². The summed E-state index contributed by atoms with van der Waals surface area (Å²) in [6.45, 7) is 5.72. The number of rotatable bonds is 1. The van der Waals surface area contributed by atoms with Crippen LogP contribution in [0.5, 0.6) is 0 Å². The maximum Gasteiger partial charge on any atom is 0.143 e. The quantitative estimate of drug-likeness (QED) is 0.828. The molecule has 2 rings (SSSR count). The van der Waals surface area contributed by atoms with Crippen molar-refractivity contribution in [1.82, 2.24) is 0 Å². The Morgan fingerprint density at radius 3 is 2.83 bits per heavy atom. The van der Waals surface area contributed by atoms with Crippen molar-refractivity contribution in [2.24, 2.45) is 11.1 Å². The number of benzene rings is 1. The number of nitriles is 1. The Bertz CT molecular complexity index is 490. The van der Waals surface area contributed by atoms with E-state index in [2.05, 4.69) is 18.7 Å². The molecule has 1 aromatic rings. The zero-order valence-electron chi connectivity index (χ0n) is 10.8. The molecule has 0 aliphatic carbocycles. The number of halogens is 1. The predicted octanol–water partition coefficient (Wildman–Crippen LogP) is 2.26. The molecular formula is C14H18FN3. The smallest absolute Gasteiger partial charge is 0.143 e. The van der Waals surface area contributed by atoms with Gasteiger partial charge in [-0.15, -0.1) is 0 Å². The zero-order valence-corrected chi connectivity index (χ0v) is 10.8. The van der Waals surface area contributed by atoms with E-state index in [-0.39, 0.29) is 17.0 Å². The van der Waals surface area contributed by atoms with E-state index in [9.17, 15) is 4.39 Å². The number of anilines is 1. The van der Waals surface area contributed by atoms with Crippen molar-refractivity contribution in [3.8, 4) is 6.07 Å². The lowest BCUT2D eigenvalue weighted by Gasteiger charge is -2.43. The topological polar surface area (TPSA) is 53.0 Å². The van der Waals surface area contributed by atoms with E-state index in [1.807, 2.05) is 6.07 Å². The highest BCUT2D eigenvalue weighted by Crippen LogP contribution is 2.32. The highest BCUT2D eigenvalue weighted by atomic mass is 19.1. The lowest BCUT2D eigenvalue weighted by Crippen LogP contribution is -2.52. The van der Waals surface area contributed by atoms with Crippen molar-refractivity contribution in [1.29, 1.82) is 5.26 Å². The minimum absolute atomic E-state index is 0.0305. The standard InChI is InChI=1S/C14H18FN3/c1-14(2)9-18(7-6-13(14)17)12-5-3-4-11(15)10(12)8-16/h3-5,13H,6-7,9,17H2,1-2H3. The van der Waals surface area contributed by atoms with Crippen LogP contribution < -0.4 is 10.6 Å². The second-order valence-corrected chi connectivity index (χ2v) is 5.55. The first-order valence-electron chi connectivity index (χ1n) is 6.15. The predicted molar refractivity (Wildman–Crippen MR) is 69.7 cm³/mol. The van der Waals surface area contributed by atoms with Crippen LogP contribution in [0.25, 0.3) is 0 Å². The molecule has 1 aliphatic heterocycles. The minimum atomic E-state index is -0.456. The van der Waals surface area contributed by atoms with Crippen molar-refractivity contribution in [2.75, 3.05) is 18.0 Å². The lowest BCUT2D eigenvalue weighted by molar-refractivity contribution is 0.245. The molecule has 1 aliphatic rings. The summed E-state index contributed by atoms with van der Waals surface area (Å²) < 4.78 is 13.6. The third-order valence-corrected chi connectivity index (χ3v) is 3.76. The number of nitrogens with two attached hydrogens (primary N) is 1. The van der Waals surface area contributed by atoms with E-state index in [0.717, 1.165) is 19.5 Å². The Labute approximate surface area is 107 Å². The molecule has 1 aromatic carbocycles. The fraction of sp³-hybridized carbons (Fsp3) is 0.500. The molecule has 4 heteroatoms. The monoisotopic (exact) mass is 247 g/mol. The molecule has 1 unspecified atom stereocenters. The zero-order chi connectivity index (χ0) is 13.3. The average molecular weight is 247 g/mol. The number of hydrogen-bond acceptors (Lipinski definition) is 3. The second-order valence-electron chi connectivity index (χ2n) is 5.55. The van der Waals surface area contributed by atoms with E-state index in [4.69, 9.17) is 11.0 Å². The minimum Gasteiger partial charge on any atom is -0.370 e. The summed E-state index contributed by atoms with van der Waals surface area (Å²) in [4.78, 5) is 2.06. The first kappa shape index (κ1) is 12.8. The van der Waals surface area contributed by atoms with Gasteiger partial charge in [-0.05, 0) is 24.0 Å². The molecule has 2 N–H and O–H groups in total. The lowest BCUT2D eigenvalue weighted by atomic mass is 9.79. The van der Waals surface area contributed by atoms with Gasteiger partial charge in [-0.1, -0.05) is 19.9 Å². The van der Waals surface area contributed by atoms with Crippen LogP contribution in [0.2, 0.25) is 0 Å². The summed E-state index contributed by atoms with van der Waals surface area (Å²) in [6, 6.07) is 6.87. The largest absolute Gasteiger partial charge is 0.370 e. The Balaban J connectivity index is 2.34. The average Bonchev–Trinajstić information content (AvgIpc) is 2.32. The van der Waals surface area contributed by atoms with Crippen molar-refractivity contribution >= 4 is 5.69 Å². The molecular weight excluding hydrogens is 229 g/mol. The molecule has 0 bridgehead atoms. The van der Waals surface area contributed by atoms with E-state index in [0.29, 0.717) is 5.69 Å². The van der Waals surface area contributed by atoms with Gasteiger partial charge >= 0.3 is 0 Å². The molecule has 1 fully saturated rings. The molecule has 3 nitrogen and oxygen atoms in total. The van der Waals surface area contributed by atoms with Gasteiger partial charge in [0.15, 0.2) is 0 Å². The molecule has 96 valence electrons. The summed E-state index contributed by atoms with van der Waals surface area (Å²) in [6.07, 6.45) is 0.856. The van der Waals surface area contributed by atoms with Gasteiger partial charge in [0.1, 0.15) is 17.4 Å². The normalized spacial score (nSPS) is 22.6. The summed E-state index contributed by atoms with van der Waals surface area (Å²) >= 11 is 0. The first-order valence-corrected chi connectivity index (χ1v) is 6.15. The summed E-state index contributed by atoms with van der Waals surface area (Å²) in [7, 11) is 0. The molecule has 18 heavy (non-hydrogen) atoms. The molecule has 0 amide bonds. The van der Waals surface area contributed by atoms with E-state index in [1.54, 1.807) is 12.1 Å². The number of nitrogens with zero attached hydrogens (tertiary/aromatic N) is 2. The maximum atomic E-state index is 13.6. The number of hydrogen-bond donors (Lipinski definition) is 1. The van der Waals surface area contributed by atoms with Crippen LogP contribution in [0.4, 0.5) is 10.1 Å². The van der Waals surface area contributed by atoms with Gasteiger partial charge in [0, 0.05) is 19.1 Å².